The Labute approximate surface area is 116 Å². The van der Waals surface area contributed by atoms with E-state index in [0.717, 1.165) is 6.26 Å². The molecule has 0 amide bonds. The number of nitrogens with zero attached hydrogens (tertiary/aromatic N) is 1. The Morgan fingerprint density at radius 3 is 2.20 bits per heavy atom. The molecular weight excluding hydrogens is 290 g/mol. The van der Waals surface area contributed by atoms with Crippen LogP contribution < -0.4 is 9.47 Å². The molecule has 0 heterocycles. The van der Waals surface area contributed by atoms with Crippen molar-refractivity contribution in [2.75, 3.05) is 27.1 Å². The van der Waals surface area contributed by atoms with Gasteiger partial charge >= 0.3 is 0 Å². The van der Waals surface area contributed by atoms with Crippen LogP contribution in [0.1, 0.15) is 5.56 Å². The van der Waals surface area contributed by atoms with Crippen molar-refractivity contribution in [3.8, 4) is 11.5 Å². The van der Waals surface area contributed by atoms with E-state index in [-0.39, 0.29) is 24.5 Å². The Morgan fingerprint density at radius 1 is 1.20 bits per heavy atom. The van der Waals surface area contributed by atoms with Gasteiger partial charge in [-0.05, 0) is 6.07 Å². The third-order valence-electron chi connectivity index (χ3n) is 2.45. The van der Waals surface area contributed by atoms with Crippen molar-refractivity contribution < 1.29 is 27.0 Å². The van der Waals surface area contributed by atoms with E-state index >= 15 is 0 Å². The molecule has 0 N–H and O–H groups in total. The first-order valence-electron chi connectivity index (χ1n) is 5.52. The normalized spacial score (nSPS) is 11.2. The van der Waals surface area contributed by atoms with Gasteiger partial charge in [0.1, 0.15) is 0 Å². The van der Waals surface area contributed by atoms with Crippen molar-refractivity contribution in [2.45, 2.75) is 6.42 Å². The van der Waals surface area contributed by atoms with Gasteiger partial charge in [-0.15, -0.1) is 0 Å². The Hall–Kier alpha value is -1.87. The predicted molar refractivity (Wildman–Crippen MR) is 70.7 cm³/mol. The van der Waals surface area contributed by atoms with Crippen molar-refractivity contribution in [1.29, 1.82) is 0 Å². The van der Waals surface area contributed by atoms with Crippen LogP contribution in [0.3, 0.4) is 0 Å². The molecule has 0 unspecified atom stereocenters. The molecule has 0 aliphatic carbocycles. The van der Waals surface area contributed by atoms with E-state index < -0.39 is 15.0 Å². The highest BCUT2D eigenvalue weighted by molar-refractivity contribution is 7.85. The summed E-state index contributed by atoms with van der Waals surface area (Å²) in [5.74, 6) is 0.555. The molecule has 0 bridgehead atoms. The number of hydrogen-bond donors (Lipinski definition) is 0. The van der Waals surface area contributed by atoms with Gasteiger partial charge in [-0.2, -0.15) is 8.42 Å². The summed E-state index contributed by atoms with van der Waals surface area (Å²) in [5.41, 5.74) is 0.121. The zero-order valence-corrected chi connectivity index (χ0v) is 12.1. The molecule has 0 atom stereocenters. The van der Waals surface area contributed by atoms with Gasteiger partial charge < -0.3 is 9.47 Å². The molecule has 0 radical (unpaired) electrons. The zero-order chi connectivity index (χ0) is 15.3. The summed E-state index contributed by atoms with van der Waals surface area (Å²) >= 11 is 0. The van der Waals surface area contributed by atoms with Gasteiger partial charge in [-0.3, -0.25) is 14.3 Å². The van der Waals surface area contributed by atoms with Crippen molar-refractivity contribution in [3.05, 3.63) is 27.8 Å². The number of nitro groups is 1. The maximum atomic E-state index is 11.0. The Morgan fingerprint density at radius 2 is 1.75 bits per heavy atom. The van der Waals surface area contributed by atoms with Crippen molar-refractivity contribution in [1.82, 2.24) is 0 Å². The average molecular weight is 305 g/mol. The first-order chi connectivity index (χ1) is 9.28. The number of methoxy groups -OCH3 is 2. The highest BCUT2D eigenvalue weighted by Gasteiger charge is 2.19. The minimum absolute atomic E-state index is 0.0593. The van der Waals surface area contributed by atoms with Crippen LogP contribution in [0.2, 0.25) is 0 Å². The SMILES string of the molecule is COc1cc(CCOS(C)(=O)=O)c([N+](=O)[O-])cc1OC. The molecule has 0 saturated heterocycles. The lowest BCUT2D eigenvalue weighted by Gasteiger charge is -2.10. The van der Waals surface area contributed by atoms with Gasteiger partial charge in [0.15, 0.2) is 11.5 Å². The topological polar surface area (TPSA) is 105 Å². The monoisotopic (exact) mass is 305 g/mol. The minimum Gasteiger partial charge on any atom is -0.493 e. The minimum atomic E-state index is -3.58. The second-order valence-electron chi connectivity index (χ2n) is 3.87. The standard InChI is InChI=1S/C11H15NO7S/c1-17-10-6-8(4-5-19-20(3,15)16)9(12(13)14)7-11(10)18-2/h6-7H,4-5H2,1-3H3. The maximum Gasteiger partial charge on any atom is 0.276 e. The number of hydrogen-bond acceptors (Lipinski definition) is 7. The number of nitro benzene ring substituents is 1. The van der Waals surface area contributed by atoms with E-state index in [4.69, 9.17) is 9.47 Å². The molecule has 1 rings (SSSR count). The van der Waals surface area contributed by atoms with E-state index in [2.05, 4.69) is 4.18 Å². The van der Waals surface area contributed by atoms with Crippen LogP contribution in [0.25, 0.3) is 0 Å². The smallest absolute Gasteiger partial charge is 0.276 e. The van der Waals surface area contributed by atoms with Gasteiger partial charge in [-0.1, -0.05) is 0 Å². The fraction of sp³-hybridized carbons (Fsp3) is 0.455. The Balaban J connectivity index is 3.06. The molecule has 112 valence electrons. The quantitative estimate of drug-likeness (QED) is 0.422. The van der Waals surface area contributed by atoms with Crippen molar-refractivity contribution in [3.63, 3.8) is 0 Å². The third kappa shape index (κ3) is 4.35. The van der Waals surface area contributed by atoms with Crippen molar-refractivity contribution >= 4 is 15.8 Å². The molecule has 1 aromatic carbocycles. The van der Waals surface area contributed by atoms with Crippen LogP contribution >= 0.6 is 0 Å². The number of ether oxygens (including phenoxy) is 2. The van der Waals surface area contributed by atoms with E-state index in [0.29, 0.717) is 11.3 Å². The lowest BCUT2D eigenvalue weighted by Crippen LogP contribution is -2.08. The van der Waals surface area contributed by atoms with Crippen LogP contribution in [0.15, 0.2) is 12.1 Å². The zero-order valence-electron chi connectivity index (χ0n) is 11.3. The molecule has 1 aromatic rings. The number of benzene rings is 1. The summed E-state index contributed by atoms with van der Waals surface area (Å²) in [7, 11) is -0.809. The molecule has 0 spiro atoms. The summed E-state index contributed by atoms with van der Waals surface area (Å²) in [6, 6.07) is 2.66. The summed E-state index contributed by atoms with van der Waals surface area (Å²) in [6.07, 6.45) is 0.972. The van der Waals surface area contributed by atoms with Gasteiger partial charge in [0, 0.05) is 12.0 Å². The van der Waals surface area contributed by atoms with Crippen LogP contribution in [0, 0.1) is 10.1 Å². The fourth-order valence-corrected chi connectivity index (χ4v) is 1.97. The Kier molecular flexibility index (Phi) is 5.28. The van der Waals surface area contributed by atoms with Crippen LogP contribution in [0.5, 0.6) is 11.5 Å². The lowest BCUT2D eigenvalue weighted by atomic mass is 10.1. The van der Waals surface area contributed by atoms with Crippen molar-refractivity contribution in [2.24, 2.45) is 0 Å². The van der Waals surface area contributed by atoms with E-state index in [1.54, 1.807) is 0 Å². The molecule has 0 aliphatic heterocycles. The largest absolute Gasteiger partial charge is 0.493 e. The summed E-state index contributed by atoms with van der Waals surface area (Å²) in [6.45, 7) is -0.185. The van der Waals surface area contributed by atoms with Gasteiger partial charge in [0.25, 0.3) is 15.8 Å². The molecule has 0 aliphatic rings. The molecule has 8 nitrogen and oxygen atoms in total. The summed E-state index contributed by atoms with van der Waals surface area (Å²) in [5, 5.41) is 11.0. The van der Waals surface area contributed by atoms with Crippen LogP contribution in [-0.4, -0.2) is 40.4 Å². The third-order valence-corrected chi connectivity index (χ3v) is 3.05. The highest BCUT2D eigenvalue weighted by atomic mass is 32.2. The molecular formula is C11H15NO7S. The van der Waals surface area contributed by atoms with Gasteiger partial charge in [0.05, 0.1) is 38.1 Å². The van der Waals surface area contributed by atoms with E-state index in [1.807, 2.05) is 0 Å². The lowest BCUT2D eigenvalue weighted by molar-refractivity contribution is -0.385. The average Bonchev–Trinajstić information content (AvgIpc) is 2.36. The first-order valence-corrected chi connectivity index (χ1v) is 7.34. The van der Waals surface area contributed by atoms with E-state index in [9.17, 15) is 18.5 Å². The Bertz CT molecular complexity index is 597. The van der Waals surface area contributed by atoms with Crippen LogP contribution in [-0.2, 0) is 20.7 Å². The highest BCUT2D eigenvalue weighted by Crippen LogP contribution is 2.34. The number of rotatable bonds is 7. The molecule has 20 heavy (non-hydrogen) atoms. The second-order valence-corrected chi connectivity index (χ2v) is 5.51. The summed E-state index contributed by atoms with van der Waals surface area (Å²) < 4.78 is 36.3. The van der Waals surface area contributed by atoms with E-state index in [1.165, 1.54) is 26.4 Å². The van der Waals surface area contributed by atoms with Gasteiger partial charge in [-0.25, -0.2) is 0 Å². The molecule has 9 heteroatoms. The predicted octanol–water partition coefficient (Wildman–Crippen LogP) is 1.13. The molecule has 0 fully saturated rings. The second kappa shape index (κ2) is 6.53. The van der Waals surface area contributed by atoms with Crippen LogP contribution in [0.4, 0.5) is 5.69 Å². The first kappa shape index (κ1) is 16.2. The summed E-state index contributed by atoms with van der Waals surface area (Å²) in [4.78, 5) is 10.4. The maximum absolute atomic E-state index is 11.0. The fourth-order valence-electron chi connectivity index (χ4n) is 1.58. The van der Waals surface area contributed by atoms with Gasteiger partial charge in [0.2, 0.25) is 0 Å². The molecule has 0 aromatic heterocycles. The molecule has 0 saturated carbocycles.